The number of ether oxygens (including phenoxy) is 1. The van der Waals surface area contributed by atoms with E-state index in [4.69, 9.17) is 22.1 Å². The van der Waals surface area contributed by atoms with Crippen LogP contribution in [0.3, 0.4) is 0 Å². The van der Waals surface area contributed by atoms with Gasteiger partial charge in [0.05, 0.1) is 9.90 Å². The zero-order chi connectivity index (χ0) is 19.4. The van der Waals surface area contributed by atoms with E-state index in [0.717, 1.165) is 29.5 Å². The van der Waals surface area contributed by atoms with Gasteiger partial charge in [0.1, 0.15) is 0 Å². The number of thiophene rings is 1. The van der Waals surface area contributed by atoms with Crippen molar-refractivity contribution in [2.45, 2.75) is 13.5 Å². The van der Waals surface area contributed by atoms with Crippen LogP contribution in [0.15, 0.2) is 30.3 Å². The van der Waals surface area contributed by atoms with Gasteiger partial charge in [0.25, 0.3) is 5.91 Å². The first-order chi connectivity index (χ1) is 12.9. The molecule has 0 aliphatic carbocycles. The summed E-state index contributed by atoms with van der Waals surface area (Å²) in [6.45, 7) is 5.17. The number of aryl methyl sites for hydroxylation is 1. The van der Waals surface area contributed by atoms with E-state index in [-0.39, 0.29) is 12.5 Å². The van der Waals surface area contributed by atoms with E-state index >= 15 is 0 Å². The largest absolute Gasteiger partial charge is 0.452 e. The molecule has 1 saturated heterocycles. The molecule has 2 heterocycles. The summed E-state index contributed by atoms with van der Waals surface area (Å²) >= 11 is 7.54. The van der Waals surface area contributed by atoms with Crippen LogP contribution in [0.5, 0.6) is 0 Å². The van der Waals surface area contributed by atoms with Crippen molar-refractivity contribution in [3.8, 4) is 0 Å². The lowest BCUT2D eigenvalue weighted by Gasteiger charge is -2.34. The van der Waals surface area contributed by atoms with Crippen LogP contribution >= 0.6 is 22.9 Å². The molecule has 0 radical (unpaired) electrons. The fourth-order valence-electron chi connectivity index (χ4n) is 2.97. The minimum absolute atomic E-state index is 0.187. The van der Waals surface area contributed by atoms with Crippen molar-refractivity contribution in [3.63, 3.8) is 0 Å². The molecule has 6 nitrogen and oxygen atoms in total. The zero-order valence-corrected chi connectivity index (χ0v) is 16.7. The van der Waals surface area contributed by atoms with Gasteiger partial charge in [-0.15, -0.1) is 11.3 Å². The number of nitrogen functional groups attached to an aromatic ring is 1. The number of hydrogen-bond donors (Lipinski definition) is 1. The molecule has 2 N–H and O–H groups in total. The van der Waals surface area contributed by atoms with E-state index in [0.29, 0.717) is 24.3 Å². The second-order valence-electron chi connectivity index (χ2n) is 6.48. The number of nitrogens with two attached hydrogens (primary N) is 1. The Morgan fingerprint density at radius 2 is 1.93 bits per heavy atom. The first-order valence-electron chi connectivity index (χ1n) is 8.70. The number of esters is 1. The lowest BCUT2D eigenvalue weighted by atomic mass is 10.1. The Balaban J connectivity index is 1.45. The van der Waals surface area contributed by atoms with Gasteiger partial charge in [-0.2, -0.15) is 0 Å². The predicted octanol–water partition coefficient (Wildman–Crippen LogP) is 2.79. The van der Waals surface area contributed by atoms with Crippen molar-refractivity contribution in [1.82, 2.24) is 9.80 Å². The number of halogens is 1. The highest BCUT2D eigenvalue weighted by atomic mass is 35.5. The Bertz CT molecular complexity index is 831. The average molecular weight is 408 g/mol. The van der Waals surface area contributed by atoms with E-state index in [1.165, 1.54) is 4.88 Å². The molecule has 0 atom stereocenters. The molecule has 2 aromatic rings. The molecule has 0 unspecified atom stereocenters. The van der Waals surface area contributed by atoms with Crippen molar-refractivity contribution in [3.05, 3.63) is 50.7 Å². The van der Waals surface area contributed by atoms with E-state index in [2.05, 4.69) is 4.90 Å². The molecular weight excluding hydrogens is 386 g/mol. The highest BCUT2D eigenvalue weighted by Gasteiger charge is 2.23. The summed E-state index contributed by atoms with van der Waals surface area (Å²) in [7, 11) is 0. The molecule has 1 aromatic heterocycles. The number of amides is 1. The lowest BCUT2D eigenvalue weighted by molar-refractivity contribution is -0.136. The molecular formula is C19H22ClN3O3S. The maximum absolute atomic E-state index is 12.3. The number of para-hydroxylation sites is 1. The van der Waals surface area contributed by atoms with Gasteiger partial charge in [0.2, 0.25) is 0 Å². The topological polar surface area (TPSA) is 75.9 Å². The number of carbonyl (C=O) groups excluding carboxylic acids is 2. The number of anilines is 1. The Kier molecular flexibility index (Phi) is 6.36. The normalized spacial score (nSPS) is 15.0. The van der Waals surface area contributed by atoms with Gasteiger partial charge in [-0.3, -0.25) is 9.69 Å². The summed E-state index contributed by atoms with van der Waals surface area (Å²) in [5.74, 6) is -0.758. The Morgan fingerprint density at radius 3 is 2.59 bits per heavy atom. The minimum Gasteiger partial charge on any atom is -0.452 e. The van der Waals surface area contributed by atoms with Crippen molar-refractivity contribution < 1.29 is 14.3 Å². The molecule has 1 aromatic carbocycles. The van der Waals surface area contributed by atoms with Crippen LogP contribution in [0.25, 0.3) is 0 Å². The summed E-state index contributed by atoms with van der Waals surface area (Å²) in [6.07, 6.45) is 0. The number of hydrogen-bond acceptors (Lipinski definition) is 6. The quantitative estimate of drug-likeness (QED) is 0.609. The molecule has 0 saturated carbocycles. The molecule has 27 heavy (non-hydrogen) atoms. The van der Waals surface area contributed by atoms with Crippen LogP contribution in [-0.2, 0) is 16.1 Å². The number of rotatable bonds is 5. The maximum atomic E-state index is 12.3. The minimum atomic E-state index is -0.572. The van der Waals surface area contributed by atoms with Gasteiger partial charge in [0.15, 0.2) is 6.61 Å². The van der Waals surface area contributed by atoms with Gasteiger partial charge in [-0.25, -0.2) is 4.79 Å². The molecule has 8 heteroatoms. The van der Waals surface area contributed by atoms with Crippen molar-refractivity contribution in [1.29, 1.82) is 0 Å². The number of carbonyl (C=O) groups is 2. The lowest BCUT2D eigenvalue weighted by Crippen LogP contribution is -2.49. The number of nitrogens with zero attached hydrogens (tertiary/aromatic N) is 2. The van der Waals surface area contributed by atoms with Gasteiger partial charge >= 0.3 is 5.97 Å². The van der Waals surface area contributed by atoms with Crippen LogP contribution in [0.1, 0.15) is 20.8 Å². The third-order valence-electron chi connectivity index (χ3n) is 4.60. The molecule has 1 aliphatic rings. The van der Waals surface area contributed by atoms with Gasteiger partial charge in [-0.05, 0) is 30.7 Å². The van der Waals surface area contributed by atoms with Crippen LogP contribution in [0.4, 0.5) is 5.69 Å². The number of benzene rings is 1. The van der Waals surface area contributed by atoms with Crippen LogP contribution < -0.4 is 5.73 Å². The highest BCUT2D eigenvalue weighted by Crippen LogP contribution is 2.23. The van der Waals surface area contributed by atoms with Gasteiger partial charge in [0, 0.05) is 43.3 Å². The van der Waals surface area contributed by atoms with E-state index in [1.54, 1.807) is 28.4 Å². The van der Waals surface area contributed by atoms with Gasteiger partial charge in [-0.1, -0.05) is 23.7 Å². The summed E-state index contributed by atoms with van der Waals surface area (Å²) in [4.78, 5) is 29.7. The fourth-order valence-corrected chi connectivity index (χ4v) is 4.10. The van der Waals surface area contributed by atoms with E-state index < -0.39 is 5.97 Å². The summed E-state index contributed by atoms with van der Waals surface area (Å²) < 4.78 is 5.95. The smallest absolute Gasteiger partial charge is 0.340 e. The molecule has 144 valence electrons. The van der Waals surface area contributed by atoms with Crippen molar-refractivity contribution in [2.75, 3.05) is 38.5 Å². The second-order valence-corrected chi connectivity index (χ2v) is 8.27. The second kappa shape index (κ2) is 8.73. The number of piperazine rings is 1. The first-order valence-corrected chi connectivity index (χ1v) is 9.90. The van der Waals surface area contributed by atoms with Crippen LogP contribution in [0.2, 0.25) is 4.34 Å². The standard InChI is InChI=1S/C19H22ClN3O3S/c1-13-3-2-4-15(18(13)21)19(25)26-12-17(24)23-9-7-22(8-10-23)11-14-5-6-16(20)27-14/h2-6H,7-12,21H2,1H3. The molecule has 1 fully saturated rings. The summed E-state index contributed by atoms with van der Waals surface area (Å²) in [5.41, 5.74) is 7.39. The third kappa shape index (κ3) is 5.00. The average Bonchev–Trinajstić information content (AvgIpc) is 3.07. The van der Waals surface area contributed by atoms with Crippen LogP contribution in [0, 0.1) is 6.92 Å². The van der Waals surface area contributed by atoms with Crippen molar-refractivity contribution >= 4 is 40.5 Å². The fraction of sp³-hybridized carbons (Fsp3) is 0.368. The predicted molar refractivity (Wildman–Crippen MR) is 107 cm³/mol. The Morgan fingerprint density at radius 1 is 1.19 bits per heavy atom. The van der Waals surface area contributed by atoms with Gasteiger partial charge < -0.3 is 15.4 Å². The Hall–Kier alpha value is -2.09. The van der Waals surface area contributed by atoms with Crippen molar-refractivity contribution in [2.24, 2.45) is 0 Å². The molecule has 1 aliphatic heterocycles. The zero-order valence-electron chi connectivity index (χ0n) is 15.1. The Labute approximate surface area is 167 Å². The maximum Gasteiger partial charge on any atom is 0.340 e. The molecule has 0 bridgehead atoms. The third-order valence-corrected chi connectivity index (χ3v) is 5.82. The monoisotopic (exact) mass is 407 g/mol. The summed E-state index contributed by atoms with van der Waals surface area (Å²) in [5, 5.41) is 0. The first kappa shape index (κ1) is 19.7. The van der Waals surface area contributed by atoms with E-state index in [9.17, 15) is 9.59 Å². The summed E-state index contributed by atoms with van der Waals surface area (Å²) in [6, 6.07) is 9.09. The van der Waals surface area contributed by atoms with E-state index in [1.807, 2.05) is 25.1 Å². The SMILES string of the molecule is Cc1cccc(C(=O)OCC(=O)N2CCN(Cc3ccc(Cl)s3)CC2)c1N. The highest BCUT2D eigenvalue weighted by molar-refractivity contribution is 7.16. The molecule has 3 rings (SSSR count). The molecule has 1 amide bonds. The molecule has 0 spiro atoms. The van der Waals surface area contributed by atoms with Crippen LogP contribution in [-0.4, -0.2) is 54.5 Å².